The molecular formula is C10H16ClNO. The van der Waals surface area contributed by atoms with Gasteiger partial charge in [-0.25, -0.2) is 0 Å². The average Bonchev–Trinajstić information content (AvgIpc) is 2.16. The molecule has 0 bridgehead atoms. The second kappa shape index (κ2) is 5.84. The van der Waals surface area contributed by atoms with Crippen molar-refractivity contribution >= 4 is 12.4 Å². The number of methoxy groups -OCH3 is 1. The summed E-state index contributed by atoms with van der Waals surface area (Å²) >= 11 is 0. The van der Waals surface area contributed by atoms with E-state index in [0.29, 0.717) is 0 Å². The number of hydrogen-bond acceptors (Lipinski definition) is 2. The molecule has 2 nitrogen and oxygen atoms in total. The molecule has 74 valence electrons. The number of ether oxygens (including phenoxy) is 1. The van der Waals surface area contributed by atoms with E-state index in [9.17, 15) is 0 Å². The highest BCUT2D eigenvalue weighted by atomic mass is 35.5. The van der Waals surface area contributed by atoms with Crippen molar-refractivity contribution in [2.45, 2.75) is 19.4 Å². The third-order valence-electron chi connectivity index (χ3n) is 1.98. The van der Waals surface area contributed by atoms with Gasteiger partial charge in [0.05, 0.1) is 7.11 Å². The highest BCUT2D eigenvalue weighted by molar-refractivity contribution is 5.85. The maximum Gasteiger partial charge on any atom is 0.123 e. The number of hydrogen-bond donors (Lipinski definition) is 1. The molecule has 1 aromatic rings. The molecule has 1 atom stereocenters. The van der Waals surface area contributed by atoms with E-state index in [4.69, 9.17) is 10.5 Å². The van der Waals surface area contributed by atoms with Crippen molar-refractivity contribution < 1.29 is 4.74 Å². The van der Waals surface area contributed by atoms with Crippen molar-refractivity contribution in [2.75, 3.05) is 7.11 Å². The molecule has 0 saturated heterocycles. The molecule has 0 amide bonds. The minimum atomic E-state index is 0. The SMILES string of the molecule is CC[C@@H](N)c1ccccc1OC.Cl. The lowest BCUT2D eigenvalue weighted by Gasteiger charge is -2.12. The van der Waals surface area contributed by atoms with Gasteiger partial charge < -0.3 is 10.5 Å². The van der Waals surface area contributed by atoms with Gasteiger partial charge in [0.25, 0.3) is 0 Å². The van der Waals surface area contributed by atoms with E-state index in [2.05, 4.69) is 6.92 Å². The van der Waals surface area contributed by atoms with Crippen molar-refractivity contribution in [1.29, 1.82) is 0 Å². The van der Waals surface area contributed by atoms with Gasteiger partial charge >= 0.3 is 0 Å². The molecule has 1 aromatic carbocycles. The Morgan fingerprint density at radius 2 is 2.00 bits per heavy atom. The number of rotatable bonds is 3. The van der Waals surface area contributed by atoms with Crippen LogP contribution in [0.1, 0.15) is 24.9 Å². The van der Waals surface area contributed by atoms with Crippen molar-refractivity contribution in [2.24, 2.45) is 5.73 Å². The maximum absolute atomic E-state index is 5.89. The van der Waals surface area contributed by atoms with Crippen LogP contribution in [0.3, 0.4) is 0 Å². The van der Waals surface area contributed by atoms with Crippen LogP contribution in [0, 0.1) is 0 Å². The third-order valence-corrected chi connectivity index (χ3v) is 1.98. The topological polar surface area (TPSA) is 35.2 Å². The van der Waals surface area contributed by atoms with E-state index in [0.717, 1.165) is 17.7 Å². The molecule has 3 heteroatoms. The molecule has 0 unspecified atom stereocenters. The molecule has 0 spiro atoms. The predicted molar refractivity (Wildman–Crippen MR) is 57.5 cm³/mol. The molecule has 0 aliphatic rings. The van der Waals surface area contributed by atoms with Crippen LogP contribution in [0.25, 0.3) is 0 Å². The van der Waals surface area contributed by atoms with Crippen LogP contribution in [-0.2, 0) is 0 Å². The molecule has 0 aliphatic carbocycles. The first kappa shape index (κ1) is 12.3. The number of halogens is 1. The highest BCUT2D eigenvalue weighted by Crippen LogP contribution is 2.24. The first-order valence-electron chi connectivity index (χ1n) is 4.18. The average molecular weight is 202 g/mol. The lowest BCUT2D eigenvalue weighted by atomic mass is 10.0. The number of benzene rings is 1. The summed E-state index contributed by atoms with van der Waals surface area (Å²) in [5.41, 5.74) is 6.98. The second-order valence-corrected chi connectivity index (χ2v) is 2.76. The summed E-state index contributed by atoms with van der Waals surface area (Å²) in [4.78, 5) is 0. The van der Waals surface area contributed by atoms with Gasteiger partial charge in [-0.05, 0) is 12.5 Å². The quantitative estimate of drug-likeness (QED) is 0.816. The Morgan fingerprint density at radius 1 is 1.38 bits per heavy atom. The Balaban J connectivity index is 0.00000144. The second-order valence-electron chi connectivity index (χ2n) is 2.76. The van der Waals surface area contributed by atoms with Crippen molar-refractivity contribution in [3.8, 4) is 5.75 Å². The molecule has 0 aliphatic heterocycles. The van der Waals surface area contributed by atoms with Crippen LogP contribution < -0.4 is 10.5 Å². The molecule has 0 saturated carbocycles. The molecule has 2 N–H and O–H groups in total. The van der Waals surface area contributed by atoms with E-state index in [1.165, 1.54) is 0 Å². The number of para-hydroxylation sites is 1. The van der Waals surface area contributed by atoms with E-state index in [1.54, 1.807) is 7.11 Å². The Bertz CT molecular complexity index is 252. The van der Waals surface area contributed by atoms with Crippen LogP contribution in [0.5, 0.6) is 5.75 Å². The van der Waals surface area contributed by atoms with Gasteiger partial charge in [-0.2, -0.15) is 0 Å². The van der Waals surface area contributed by atoms with Crippen LogP contribution in [0.15, 0.2) is 24.3 Å². The Kier molecular flexibility index (Phi) is 5.51. The van der Waals surface area contributed by atoms with Gasteiger partial charge in [-0.3, -0.25) is 0 Å². The lowest BCUT2D eigenvalue weighted by Crippen LogP contribution is -2.09. The summed E-state index contributed by atoms with van der Waals surface area (Å²) in [6.45, 7) is 2.07. The normalized spacial score (nSPS) is 11.6. The van der Waals surface area contributed by atoms with Crippen molar-refractivity contribution in [3.05, 3.63) is 29.8 Å². The first-order chi connectivity index (χ1) is 5.79. The van der Waals surface area contributed by atoms with E-state index >= 15 is 0 Å². The molecule has 0 fully saturated rings. The minimum absolute atomic E-state index is 0. The van der Waals surface area contributed by atoms with Gasteiger partial charge in [0.15, 0.2) is 0 Å². The van der Waals surface area contributed by atoms with Crippen LogP contribution in [0.4, 0.5) is 0 Å². The molecule has 1 rings (SSSR count). The van der Waals surface area contributed by atoms with E-state index in [-0.39, 0.29) is 18.4 Å². The fraction of sp³-hybridized carbons (Fsp3) is 0.400. The van der Waals surface area contributed by atoms with Crippen LogP contribution >= 0.6 is 12.4 Å². The Morgan fingerprint density at radius 3 is 2.54 bits per heavy atom. The molecule has 0 radical (unpaired) electrons. The summed E-state index contributed by atoms with van der Waals surface area (Å²) < 4.78 is 5.19. The lowest BCUT2D eigenvalue weighted by molar-refractivity contribution is 0.405. The Labute approximate surface area is 85.5 Å². The Hall–Kier alpha value is -0.730. The van der Waals surface area contributed by atoms with Crippen LogP contribution in [-0.4, -0.2) is 7.11 Å². The third kappa shape index (κ3) is 2.90. The molecule has 0 aromatic heterocycles. The zero-order valence-electron chi connectivity index (χ0n) is 7.99. The molecule has 0 heterocycles. The van der Waals surface area contributed by atoms with Gasteiger partial charge in [-0.15, -0.1) is 12.4 Å². The minimum Gasteiger partial charge on any atom is -0.496 e. The fourth-order valence-electron chi connectivity index (χ4n) is 1.19. The maximum atomic E-state index is 5.89. The zero-order chi connectivity index (χ0) is 8.97. The van der Waals surface area contributed by atoms with Gasteiger partial charge in [-0.1, -0.05) is 25.1 Å². The zero-order valence-corrected chi connectivity index (χ0v) is 8.80. The van der Waals surface area contributed by atoms with E-state index < -0.39 is 0 Å². The monoisotopic (exact) mass is 201 g/mol. The highest BCUT2D eigenvalue weighted by Gasteiger charge is 2.07. The predicted octanol–water partition coefficient (Wildman–Crippen LogP) is 2.53. The van der Waals surface area contributed by atoms with Gasteiger partial charge in [0, 0.05) is 11.6 Å². The van der Waals surface area contributed by atoms with Gasteiger partial charge in [0.2, 0.25) is 0 Å². The smallest absolute Gasteiger partial charge is 0.123 e. The fourth-order valence-corrected chi connectivity index (χ4v) is 1.19. The number of nitrogens with two attached hydrogens (primary N) is 1. The van der Waals surface area contributed by atoms with Crippen molar-refractivity contribution in [3.63, 3.8) is 0 Å². The van der Waals surface area contributed by atoms with Gasteiger partial charge in [0.1, 0.15) is 5.75 Å². The van der Waals surface area contributed by atoms with Crippen LogP contribution in [0.2, 0.25) is 0 Å². The summed E-state index contributed by atoms with van der Waals surface area (Å²) in [7, 11) is 1.67. The largest absolute Gasteiger partial charge is 0.496 e. The molecular weight excluding hydrogens is 186 g/mol. The van der Waals surface area contributed by atoms with Crippen molar-refractivity contribution in [1.82, 2.24) is 0 Å². The summed E-state index contributed by atoms with van der Waals surface area (Å²) in [5, 5.41) is 0. The summed E-state index contributed by atoms with van der Waals surface area (Å²) in [6, 6.07) is 7.96. The molecule has 13 heavy (non-hydrogen) atoms. The standard InChI is InChI=1S/C10H15NO.ClH/c1-3-9(11)8-6-4-5-7-10(8)12-2;/h4-7,9H,3,11H2,1-2H3;1H/t9-;/m1./s1. The summed E-state index contributed by atoms with van der Waals surface area (Å²) in [6.07, 6.45) is 0.931. The summed E-state index contributed by atoms with van der Waals surface area (Å²) in [5.74, 6) is 0.881. The van der Waals surface area contributed by atoms with E-state index in [1.807, 2.05) is 24.3 Å². The first-order valence-corrected chi connectivity index (χ1v) is 4.18.